The quantitative estimate of drug-likeness (QED) is 0.197. The average Bonchev–Trinajstić information content (AvgIpc) is 2.71. The Morgan fingerprint density at radius 1 is 1.27 bits per heavy atom. The van der Waals surface area contributed by atoms with E-state index in [1.54, 1.807) is 6.07 Å². The van der Waals surface area contributed by atoms with Crippen molar-refractivity contribution in [1.82, 2.24) is 15.5 Å². The number of benzene rings is 1. The first kappa shape index (κ1) is 27.1. The number of ether oxygens (including phenoxy) is 2. The van der Waals surface area contributed by atoms with Gasteiger partial charge in [0.25, 0.3) is 0 Å². The van der Waals surface area contributed by atoms with Crippen LogP contribution < -0.4 is 10.6 Å². The summed E-state index contributed by atoms with van der Waals surface area (Å²) in [6.07, 6.45) is 3.14. The maximum absolute atomic E-state index is 13.9. The molecule has 1 heterocycles. The summed E-state index contributed by atoms with van der Waals surface area (Å²) in [4.78, 5) is 6.59. The summed E-state index contributed by atoms with van der Waals surface area (Å²) < 4.78 is 25.1. The van der Waals surface area contributed by atoms with Crippen molar-refractivity contribution in [2.45, 2.75) is 39.3 Å². The number of hydrogen-bond acceptors (Lipinski definition) is 4. The molecule has 1 aliphatic rings. The number of aliphatic imine (C=N–C) groups is 1. The Morgan fingerprint density at radius 3 is 2.73 bits per heavy atom. The number of guanidine groups is 1. The Kier molecular flexibility index (Phi) is 14.2. The predicted octanol–water partition coefficient (Wildman–Crippen LogP) is 3.39. The van der Waals surface area contributed by atoms with Gasteiger partial charge in [0.2, 0.25) is 0 Å². The van der Waals surface area contributed by atoms with Crippen LogP contribution in [0.1, 0.15) is 37.3 Å². The number of nitrogens with zero attached hydrogens (tertiary/aromatic N) is 2. The maximum atomic E-state index is 13.9. The molecule has 30 heavy (non-hydrogen) atoms. The van der Waals surface area contributed by atoms with Gasteiger partial charge in [0.15, 0.2) is 5.96 Å². The molecule has 0 amide bonds. The van der Waals surface area contributed by atoms with E-state index in [0.717, 1.165) is 70.3 Å². The Balaban J connectivity index is 0.00000450. The minimum atomic E-state index is -0.169. The molecule has 0 bridgehead atoms. The van der Waals surface area contributed by atoms with Crippen LogP contribution in [0.15, 0.2) is 23.2 Å². The summed E-state index contributed by atoms with van der Waals surface area (Å²) in [6, 6.07) is 5.22. The molecule has 1 saturated heterocycles. The standard InChI is InChI=1S/C22H37FN4O2.HI/c1-4-24-22(25-10-5-11-29-17-18-8-12-28-13-9-18)26-15-19-6-7-21(23)20(14-19)16-27(2)3;/h6-7,14,18H,4-5,8-13,15-17H2,1-3H3,(H2,24,25,26);1H. The van der Waals surface area contributed by atoms with Crippen molar-refractivity contribution in [3.8, 4) is 0 Å². The van der Waals surface area contributed by atoms with Crippen molar-refractivity contribution < 1.29 is 13.9 Å². The van der Waals surface area contributed by atoms with Gasteiger partial charge in [0.05, 0.1) is 6.54 Å². The first-order valence-electron chi connectivity index (χ1n) is 10.7. The summed E-state index contributed by atoms with van der Waals surface area (Å²) in [6.45, 7) is 8.03. The molecule has 0 aromatic heterocycles. The van der Waals surface area contributed by atoms with Crippen molar-refractivity contribution in [1.29, 1.82) is 0 Å². The third-order valence-electron chi connectivity index (χ3n) is 4.81. The molecule has 0 atom stereocenters. The van der Waals surface area contributed by atoms with E-state index < -0.39 is 0 Å². The van der Waals surface area contributed by atoms with Crippen LogP contribution in [0.2, 0.25) is 0 Å². The van der Waals surface area contributed by atoms with Gasteiger partial charge in [-0.25, -0.2) is 9.38 Å². The summed E-state index contributed by atoms with van der Waals surface area (Å²) in [7, 11) is 3.87. The highest BCUT2D eigenvalue weighted by Crippen LogP contribution is 2.15. The topological polar surface area (TPSA) is 58.1 Å². The molecule has 2 N–H and O–H groups in total. The van der Waals surface area contributed by atoms with Gasteiger partial charge in [-0.15, -0.1) is 24.0 Å². The Morgan fingerprint density at radius 2 is 2.03 bits per heavy atom. The van der Waals surface area contributed by atoms with Gasteiger partial charge in [-0.05, 0) is 63.9 Å². The normalized spacial score (nSPS) is 15.2. The maximum Gasteiger partial charge on any atom is 0.191 e. The molecule has 0 radical (unpaired) electrons. The van der Waals surface area contributed by atoms with Gasteiger partial charge in [0.1, 0.15) is 5.82 Å². The minimum Gasteiger partial charge on any atom is -0.381 e. The first-order chi connectivity index (χ1) is 14.1. The second-order valence-corrected chi connectivity index (χ2v) is 7.77. The van der Waals surface area contributed by atoms with E-state index in [9.17, 15) is 4.39 Å². The molecule has 2 rings (SSSR count). The molecule has 0 unspecified atom stereocenters. The first-order valence-corrected chi connectivity index (χ1v) is 10.7. The monoisotopic (exact) mass is 536 g/mol. The zero-order valence-corrected chi connectivity index (χ0v) is 20.9. The fourth-order valence-electron chi connectivity index (χ4n) is 3.24. The van der Waals surface area contributed by atoms with Crippen LogP contribution in [0.3, 0.4) is 0 Å². The highest BCUT2D eigenvalue weighted by Gasteiger charge is 2.13. The summed E-state index contributed by atoms with van der Waals surface area (Å²) in [5.41, 5.74) is 1.70. The van der Waals surface area contributed by atoms with E-state index in [4.69, 9.17) is 9.47 Å². The number of hydrogen-bond donors (Lipinski definition) is 2. The highest BCUT2D eigenvalue weighted by atomic mass is 127. The van der Waals surface area contributed by atoms with E-state index in [1.807, 2.05) is 32.0 Å². The van der Waals surface area contributed by atoms with Gasteiger partial charge in [-0.1, -0.05) is 6.07 Å². The zero-order chi connectivity index (χ0) is 20.9. The third-order valence-corrected chi connectivity index (χ3v) is 4.81. The molecule has 0 saturated carbocycles. The average molecular weight is 536 g/mol. The number of nitrogens with one attached hydrogen (secondary N) is 2. The SMILES string of the molecule is CCNC(=NCc1ccc(F)c(CN(C)C)c1)NCCCOCC1CCOCC1.I. The van der Waals surface area contributed by atoms with Crippen molar-refractivity contribution in [2.24, 2.45) is 10.9 Å². The van der Waals surface area contributed by atoms with Crippen LogP contribution >= 0.6 is 24.0 Å². The molecule has 172 valence electrons. The lowest BCUT2D eigenvalue weighted by Gasteiger charge is -2.21. The van der Waals surface area contributed by atoms with Gasteiger partial charge in [-0.3, -0.25) is 0 Å². The molecular weight excluding hydrogens is 498 g/mol. The molecule has 8 heteroatoms. The van der Waals surface area contributed by atoms with Gasteiger partial charge in [0, 0.05) is 51.6 Å². The molecule has 0 spiro atoms. The van der Waals surface area contributed by atoms with E-state index in [2.05, 4.69) is 15.6 Å². The van der Waals surface area contributed by atoms with Crippen LogP contribution in [-0.4, -0.2) is 64.5 Å². The summed E-state index contributed by atoms with van der Waals surface area (Å²) in [5.74, 6) is 1.25. The summed E-state index contributed by atoms with van der Waals surface area (Å²) >= 11 is 0. The van der Waals surface area contributed by atoms with Crippen LogP contribution in [0.25, 0.3) is 0 Å². The Bertz CT molecular complexity index is 625. The van der Waals surface area contributed by atoms with Crippen molar-refractivity contribution in [2.75, 3.05) is 53.6 Å². The van der Waals surface area contributed by atoms with Gasteiger partial charge >= 0.3 is 0 Å². The van der Waals surface area contributed by atoms with Crippen LogP contribution in [0, 0.1) is 11.7 Å². The van der Waals surface area contributed by atoms with Crippen LogP contribution in [0.4, 0.5) is 4.39 Å². The van der Waals surface area contributed by atoms with Crippen molar-refractivity contribution in [3.63, 3.8) is 0 Å². The Hall–Kier alpha value is -0.970. The van der Waals surface area contributed by atoms with Gasteiger partial charge in [-0.2, -0.15) is 0 Å². The number of halogens is 2. The fourth-order valence-corrected chi connectivity index (χ4v) is 3.24. The molecule has 1 aromatic carbocycles. The van der Waals surface area contributed by atoms with Crippen LogP contribution in [-0.2, 0) is 22.6 Å². The van der Waals surface area contributed by atoms with E-state index >= 15 is 0 Å². The molecule has 0 aliphatic carbocycles. The molecule has 6 nitrogen and oxygen atoms in total. The highest BCUT2D eigenvalue weighted by molar-refractivity contribution is 14.0. The minimum absolute atomic E-state index is 0. The lowest BCUT2D eigenvalue weighted by molar-refractivity contribution is 0.0203. The van der Waals surface area contributed by atoms with E-state index in [-0.39, 0.29) is 29.8 Å². The molecular formula is C22H38FIN4O2. The molecule has 1 aliphatic heterocycles. The smallest absolute Gasteiger partial charge is 0.191 e. The van der Waals surface area contributed by atoms with Gasteiger partial charge < -0.3 is 25.0 Å². The lowest BCUT2D eigenvalue weighted by Crippen LogP contribution is -2.38. The van der Waals surface area contributed by atoms with Crippen LogP contribution in [0.5, 0.6) is 0 Å². The third kappa shape index (κ3) is 10.9. The second-order valence-electron chi connectivity index (χ2n) is 7.77. The van der Waals surface area contributed by atoms with Crippen molar-refractivity contribution in [3.05, 3.63) is 35.1 Å². The zero-order valence-electron chi connectivity index (χ0n) is 18.6. The molecule has 1 fully saturated rings. The van der Waals surface area contributed by atoms with E-state index in [0.29, 0.717) is 24.6 Å². The Labute approximate surface area is 198 Å². The molecule has 1 aromatic rings. The fraction of sp³-hybridized carbons (Fsp3) is 0.682. The summed E-state index contributed by atoms with van der Waals surface area (Å²) in [5, 5.41) is 6.60. The lowest BCUT2D eigenvalue weighted by atomic mass is 10.0. The van der Waals surface area contributed by atoms with Crippen molar-refractivity contribution >= 4 is 29.9 Å². The predicted molar refractivity (Wildman–Crippen MR) is 131 cm³/mol. The largest absolute Gasteiger partial charge is 0.381 e. The number of rotatable bonds is 11. The van der Waals surface area contributed by atoms with E-state index in [1.165, 1.54) is 6.07 Å². The second kappa shape index (κ2) is 15.8.